The molecule has 0 amide bonds. The molecule has 0 bridgehead atoms. The average molecular weight is 243 g/mol. The van der Waals surface area contributed by atoms with E-state index in [1.807, 2.05) is 0 Å². The number of ketones is 1. The van der Waals surface area contributed by atoms with Gasteiger partial charge in [0.15, 0.2) is 0 Å². The van der Waals surface area contributed by atoms with Crippen molar-refractivity contribution >= 4 is 29.0 Å². The van der Waals surface area contributed by atoms with Crippen molar-refractivity contribution < 1.29 is 14.7 Å². The molecule has 1 fully saturated rings. The number of nitrogens with one attached hydrogen (secondary N) is 1. The van der Waals surface area contributed by atoms with Gasteiger partial charge in [-0.3, -0.25) is 0 Å². The van der Waals surface area contributed by atoms with E-state index in [1.165, 1.54) is 6.92 Å². The van der Waals surface area contributed by atoms with Crippen LogP contribution in [0.25, 0.3) is 0 Å². The second-order valence-electron chi connectivity index (χ2n) is 4.34. The van der Waals surface area contributed by atoms with Gasteiger partial charge in [0.05, 0.1) is 4.99 Å². The standard InChI is InChI=1S/C11H17NO3S/c1-8(13)4-5-9(16)12-11(10(14)15)6-2-3-7-11/h2-7H2,1H3,(H,12,16)(H,14,15). The molecule has 1 aliphatic carbocycles. The van der Waals surface area contributed by atoms with Crippen LogP contribution >= 0.6 is 12.2 Å². The fraction of sp³-hybridized carbons (Fsp3) is 0.727. The van der Waals surface area contributed by atoms with Gasteiger partial charge < -0.3 is 15.2 Å². The number of rotatable bonds is 5. The lowest BCUT2D eigenvalue weighted by Crippen LogP contribution is -2.52. The molecule has 90 valence electrons. The number of Topliss-reactive ketones (excluding diaryl/α,β-unsaturated/α-hetero) is 1. The van der Waals surface area contributed by atoms with Crippen LogP contribution in [-0.2, 0) is 9.59 Å². The topological polar surface area (TPSA) is 66.4 Å². The van der Waals surface area contributed by atoms with E-state index < -0.39 is 11.5 Å². The Morgan fingerprint density at radius 3 is 2.31 bits per heavy atom. The van der Waals surface area contributed by atoms with E-state index >= 15 is 0 Å². The first-order chi connectivity index (χ1) is 7.46. The van der Waals surface area contributed by atoms with Gasteiger partial charge in [-0.1, -0.05) is 25.1 Å². The molecular weight excluding hydrogens is 226 g/mol. The summed E-state index contributed by atoms with van der Waals surface area (Å²) in [5.41, 5.74) is -0.881. The number of carbonyl (C=O) groups is 2. The van der Waals surface area contributed by atoms with Gasteiger partial charge in [-0.2, -0.15) is 0 Å². The Morgan fingerprint density at radius 2 is 1.88 bits per heavy atom. The Kier molecular flexibility index (Phi) is 4.41. The summed E-state index contributed by atoms with van der Waals surface area (Å²) in [6.07, 6.45) is 3.87. The minimum absolute atomic E-state index is 0.0694. The highest BCUT2D eigenvalue weighted by atomic mass is 32.1. The molecule has 0 aromatic rings. The molecule has 0 aliphatic heterocycles. The summed E-state index contributed by atoms with van der Waals surface area (Å²) in [5.74, 6) is -0.768. The smallest absolute Gasteiger partial charge is 0.329 e. The predicted octanol–water partition coefficient (Wildman–Crippen LogP) is 1.67. The molecule has 1 saturated carbocycles. The Morgan fingerprint density at radius 1 is 1.31 bits per heavy atom. The van der Waals surface area contributed by atoms with Crippen molar-refractivity contribution in [2.45, 2.75) is 51.0 Å². The molecule has 4 nitrogen and oxygen atoms in total. The molecule has 0 spiro atoms. The second-order valence-corrected chi connectivity index (χ2v) is 4.84. The minimum Gasteiger partial charge on any atom is -0.480 e. The van der Waals surface area contributed by atoms with E-state index in [0.717, 1.165) is 12.8 Å². The number of aliphatic carboxylic acids is 1. The third-order valence-corrected chi connectivity index (χ3v) is 3.26. The molecule has 2 N–H and O–H groups in total. The lowest BCUT2D eigenvalue weighted by atomic mass is 9.97. The van der Waals surface area contributed by atoms with Crippen molar-refractivity contribution in [1.29, 1.82) is 0 Å². The van der Waals surface area contributed by atoms with Gasteiger partial charge in [0.25, 0.3) is 0 Å². The highest BCUT2D eigenvalue weighted by Gasteiger charge is 2.41. The maximum Gasteiger partial charge on any atom is 0.329 e. The fourth-order valence-corrected chi connectivity index (χ4v) is 2.29. The first kappa shape index (κ1) is 13.1. The predicted molar refractivity (Wildman–Crippen MR) is 64.5 cm³/mol. The Labute approximate surface area is 100 Å². The van der Waals surface area contributed by atoms with E-state index in [-0.39, 0.29) is 5.78 Å². The molecule has 0 aromatic heterocycles. The van der Waals surface area contributed by atoms with Crippen LogP contribution < -0.4 is 5.32 Å². The van der Waals surface area contributed by atoms with Crippen molar-refractivity contribution in [3.05, 3.63) is 0 Å². The van der Waals surface area contributed by atoms with E-state index in [4.69, 9.17) is 12.2 Å². The molecule has 16 heavy (non-hydrogen) atoms. The average Bonchev–Trinajstić information content (AvgIpc) is 2.64. The Bertz CT molecular complexity index is 308. The van der Waals surface area contributed by atoms with Gasteiger partial charge in [-0.05, 0) is 19.8 Å². The molecule has 0 radical (unpaired) electrons. The van der Waals surface area contributed by atoms with Gasteiger partial charge in [0.1, 0.15) is 11.3 Å². The van der Waals surface area contributed by atoms with Crippen molar-refractivity contribution in [1.82, 2.24) is 5.32 Å². The second kappa shape index (κ2) is 5.39. The first-order valence-electron chi connectivity index (χ1n) is 5.50. The minimum atomic E-state index is -0.881. The molecule has 5 heteroatoms. The zero-order valence-electron chi connectivity index (χ0n) is 9.41. The fourth-order valence-electron chi connectivity index (χ4n) is 1.99. The molecule has 0 unspecified atom stereocenters. The zero-order chi connectivity index (χ0) is 12.2. The zero-order valence-corrected chi connectivity index (χ0v) is 10.2. The molecule has 1 aliphatic rings. The quantitative estimate of drug-likeness (QED) is 0.719. The first-order valence-corrected chi connectivity index (χ1v) is 5.91. The van der Waals surface area contributed by atoms with Crippen LogP contribution in [0.3, 0.4) is 0 Å². The van der Waals surface area contributed by atoms with Crippen LogP contribution in [0.2, 0.25) is 0 Å². The third kappa shape index (κ3) is 3.27. The molecular formula is C11H17NO3S. The van der Waals surface area contributed by atoms with E-state index in [2.05, 4.69) is 5.32 Å². The van der Waals surface area contributed by atoms with Crippen molar-refractivity contribution in [2.75, 3.05) is 0 Å². The van der Waals surface area contributed by atoms with E-state index in [0.29, 0.717) is 30.7 Å². The van der Waals surface area contributed by atoms with Gasteiger partial charge in [-0.15, -0.1) is 0 Å². The Balaban J connectivity index is 2.52. The number of thiocarbonyl (C=S) groups is 1. The maximum atomic E-state index is 11.2. The summed E-state index contributed by atoms with van der Waals surface area (Å²) in [5, 5.41) is 12.1. The number of carbonyl (C=O) groups excluding carboxylic acids is 1. The third-order valence-electron chi connectivity index (χ3n) is 2.95. The number of carboxylic acid groups (broad SMARTS) is 1. The molecule has 0 atom stereocenters. The number of hydrogen-bond acceptors (Lipinski definition) is 3. The van der Waals surface area contributed by atoms with Gasteiger partial charge in [0.2, 0.25) is 0 Å². The van der Waals surface area contributed by atoms with E-state index in [9.17, 15) is 14.7 Å². The lowest BCUT2D eigenvalue weighted by Gasteiger charge is -2.26. The van der Waals surface area contributed by atoms with Crippen molar-refractivity contribution in [2.24, 2.45) is 0 Å². The highest BCUT2D eigenvalue weighted by molar-refractivity contribution is 7.80. The van der Waals surface area contributed by atoms with Gasteiger partial charge in [-0.25, -0.2) is 4.79 Å². The van der Waals surface area contributed by atoms with Crippen LogP contribution in [0.5, 0.6) is 0 Å². The van der Waals surface area contributed by atoms with Crippen LogP contribution in [0.1, 0.15) is 45.4 Å². The van der Waals surface area contributed by atoms with Gasteiger partial charge >= 0.3 is 5.97 Å². The maximum absolute atomic E-state index is 11.2. The van der Waals surface area contributed by atoms with Crippen molar-refractivity contribution in [3.8, 4) is 0 Å². The number of carboxylic acids is 1. The highest BCUT2D eigenvalue weighted by Crippen LogP contribution is 2.30. The summed E-state index contributed by atoms with van der Waals surface area (Å²) in [7, 11) is 0. The lowest BCUT2D eigenvalue weighted by molar-refractivity contribution is -0.143. The van der Waals surface area contributed by atoms with Crippen LogP contribution in [0.15, 0.2) is 0 Å². The summed E-state index contributed by atoms with van der Waals surface area (Å²) >= 11 is 5.07. The number of hydrogen-bond donors (Lipinski definition) is 2. The monoisotopic (exact) mass is 243 g/mol. The molecule has 0 aromatic carbocycles. The summed E-state index contributed by atoms with van der Waals surface area (Å²) in [6, 6.07) is 0. The largest absolute Gasteiger partial charge is 0.480 e. The molecule has 1 rings (SSSR count). The summed E-state index contributed by atoms with van der Waals surface area (Å²) < 4.78 is 0. The van der Waals surface area contributed by atoms with Crippen LogP contribution in [0, 0.1) is 0 Å². The summed E-state index contributed by atoms with van der Waals surface area (Å²) in [4.78, 5) is 22.5. The SMILES string of the molecule is CC(=O)CCC(=S)NC1(C(=O)O)CCCC1. The normalized spacial score (nSPS) is 18.1. The van der Waals surface area contributed by atoms with Crippen LogP contribution in [-0.4, -0.2) is 27.4 Å². The van der Waals surface area contributed by atoms with Crippen molar-refractivity contribution in [3.63, 3.8) is 0 Å². The molecule has 0 saturated heterocycles. The van der Waals surface area contributed by atoms with Crippen LogP contribution in [0.4, 0.5) is 0 Å². The van der Waals surface area contributed by atoms with Gasteiger partial charge in [0, 0.05) is 12.8 Å². The van der Waals surface area contributed by atoms with E-state index in [1.54, 1.807) is 0 Å². The summed E-state index contributed by atoms with van der Waals surface area (Å²) in [6.45, 7) is 1.51. The molecule has 0 heterocycles. The Hall–Kier alpha value is -0.970.